The average molecular weight is 415 g/mol. The number of benzene rings is 1. The molecule has 0 bridgehead atoms. The van der Waals surface area contributed by atoms with Crippen LogP contribution in [0, 0.1) is 11.8 Å². The van der Waals surface area contributed by atoms with E-state index in [9.17, 15) is 9.59 Å². The Morgan fingerprint density at radius 3 is 2.77 bits per heavy atom. The number of nitrogens with zero attached hydrogens (tertiary/aromatic N) is 2. The molecule has 0 spiro atoms. The van der Waals surface area contributed by atoms with Crippen LogP contribution in [0.1, 0.15) is 38.7 Å². The van der Waals surface area contributed by atoms with Crippen molar-refractivity contribution in [1.29, 1.82) is 0 Å². The first-order valence-corrected chi connectivity index (χ1v) is 10.9. The number of rotatable bonds is 7. The molecule has 1 heterocycles. The predicted molar refractivity (Wildman–Crippen MR) is 116 cm³/mol. The average Bonchev–Trinajstić information content (AvgIpc) is 2.91. The molecule has 30 heavy (non-hydrogen) atoms. The second-order valence-corrected chi connectivity index (χ2v) is 8.68. The molecule has 0 radical (unpaired) electrons. The smallest absolute Gasteiger partial charge is 0.242 e. The van der Waals surface area contributed by atoms with Gasteiger partial charge in [-0.1, -0.05) is 38.1 Å². The predicted octanol–water partition coefficient (Wildman–Crippen LogP) is 3.26. The second kappa shape index (κ2) is 10.6. The Morgan fingerprint density at radius 1 is 1.23 bits per heavy atom. The van der Waals surface area contributed by atoms with E-state index in [1.165, 1.54) is 0 Å². The number of hydrogen-bond donors (Lipinski definition) is 0. The van der Waals surface area contributed by atoms with Crippen LogP contribution in [-0.4, -0.2) is 61.0 Å². The SMILES string of the molecule is COc1cccc(CO[C@@H]2CN(CC(C)C)C(=O)CN(C(=O)[C@@H]3CC=CCC3)C2)c1. The molecule has 2 atom stereocenters. The zero-order chi connectivity index (χ0) is 21.5. The Labute approximate surface area is 179 Å². The zero-order valence-corrected chi connectivity index (χ0v) is 18.4. The molecular formula is C24H34N2O4. The van der Waals surface area contributed by atoms with E-state index >= 15 is 0 Å². The lowest BCUT2D eigenvalue weighted by Crippen LogP contribution is -2.43. The number of methoxy groups -OCH3 is 1. The summed E-state index contributed by atoms with van der Waals surface area (Å²) < 4.78 is 11.5. The highest BCUT2D eigenvalue weighted by Crippen LogP contribution is 2.23. The van der Waals surface area contributed by atoms with Crippen molar-refractivity contribution in [3.63, 3.8) is 0 Å². The molecular weight excluding hydrogens is 380 g/mol. The van der Waals surface area contributed by atoms with E-state index in [1.54, 1.807) is 12.0 Å². The summed E-state index contributed by atoms with van der Waals surface area (Å²) in [6, 6.07) is 7.78. The van der Waals surface area contributed by atoms with Crippen molar-refractivity contribution in [2.75, 3.05) is 33.3 Å². The topological polar surface area (TPSA) is 59.1 Å². The van der Waals surface area contributed by atoms with E-state index in [0.717, 1.165) is 30.6 Å². The minimum Gasteiger partial charge on any atom is -0.497 e. The molecule has 2 aliphatic rings. The van der Waals surface area contributed by atoms with Gasteiger partial charge in [-0.05, 0) is 42.9 Å². The molecule has 1 aliphatic heterocycles. The van der Waals surface area contributed by atoms with Crippen LogP contribution in [0.25, 0.3) is 0 Å². The first-order chi connectivity index (χ1) is 14.5. The maximum Gasteiger partial charge on any atom is 0.242 e. The minimum atomic E-state index is -0.218. The molecule has 1 aliphatic carbocycles. The van der Waals surface area contributed by atoms with Gasteiger partial charge in [0.15, 0.2) is 0 Å². The maximum atomic E-state index is 13.1. The van der Waals surface area contributed by atoms with Gasteiger partial charge >= 0.3 is 0 Å². The normalized spacial score (nSPS) is 22.3. The lowest BCUT2D eigenvalue weighted by molar-refractivity contribution is -0.141. The number of ether oxygens (including phenoxy) is 2. The van der Waals surface area contributed by atoms with Crippen LogP contribution in [-0.2, 0) is 20.9 Å². The lowest BCUT2D eigenvalue weighted by atomic mass is 9.93. The van der Waals surface area contributed by atoms with Crippen molar-refractivity contribution in [3.8, 4) is 5.75 Å². The molecule has 1 aromatic rings. The molecule has 2 amide bonds. The Kier molecular flexibility index (Phi) is 7.91. The fourth-order valence-corrected chi connectivity index (χ4v) is 4.12. The Balaban J connectivity index is 1.71. The summed E-state index contributed by atoms with van der Waals surface area (Å²) in [4.78, 5) is 29.6. The van der Waals surface area contributed by atoms with E-state index in [4.69, 9.17) is 9.47 Å². The van der Waals surface area contributed by atoms with Gasteiger partial charge in [0.05, 0.1) is 26.4 Å². The third-order valence-corrected chi connectivity index (χ3v) is 5.66. The van der Waals surface area contributed by atoms with E-state index in [-0.39, 0.29) is 30.4 Å². The van der Waals surface area contributed by atoms with Crippen molar-refractivity contribution in [2.24, 2.45) is 11.8 Å². The van der Waals surface area contributed by atoms with Crippen LogP contribution >= 0.6 is 0 Å². The van der Waals surface area contributed by atoms with Crippen molar-refractivity contribution in [3.05, 3.63) is 42.0 Å². The zero-order valence-electron chi connectivity index (χ0n) is 18.4. The highest BCUT2D eigenvalue weighted by atomic mass is 16.5. The van der Waals surface area contributed by atoms with Crippen LogP contribution in [0.4, 0.5) is 0 Å². The fourth-order valence-electron chi connectivity index (χ4n) is 4.12. The quantitative estimate of drug-likeness (QED) is 0.643. The van der Waals surface area contributed by atoms with Crippen LogP contribution in [0.3, 0.4) is 0 Å². The summed E-state index contributed by atoms with van der Waals surface area (Å²) in [5.41, 5.74) is 1.01. The van der Waals surface area contributed by atoms with Gasteiger partial charge < -0.3 is 19.3 Å². The third-order valence-electron chi connectivity index (χ3n) is 5.66. The van der Waals surface area contributed by atoms with Gasteiger partial charge in [0.2, 0.25) is 11.8 Å². The van der Waals surface area contributed by atoms with Crippen molar-refractivity contribution in [1.82, 2.24) is 9.80 Å². The Hall–Kier alpha value is -2.34. The molecule has 0 saturated carbocycles. The molecule has 6 heteroatoms. The first kappa shape index (κ1) is 22.3. The summed E-state index contributed by atoms with van der Waals surface area (Å²) in [7, 11) is 1.64. The molecule has 0 N–H and O–H groups in total. The second-order valence-electron chi connectivity index (χ2n) is 8.68. The van der Waals surface area contributed by atoms with Crippen molar-refractivity contribution < 1.29 is 19.1 Å². The molecule has 0 aromatic heterocycles. The largest absolute Gasteiger partial charge is 0.497 e. The highest BCUT2D eigenvalue weighted by molar-refractivity contribution is 5.86. The summed E-state index contributed by atoms with van der Waals surface area (Å²) in [5, 5.41) is 0. The third kappa shape index (κ3) is 6.08. The van der Waals surface area contributed by atoms with Gasteiger partial charge in [-0.25, -0.2) is 0 Å². The molecule has 6 nitrogen and oxygen atoms in total. The van der Waals surface area contributed by atoms with E-state index < -0.39 is 0 Å². The maximum absolute atomic E-state index is 13.1. The summed E-state index contributed by atoms with van der Waals surface area (Å²) >= 11 is 0. The molecule has 1 saturated heterocycles. The fraction of sp³-hybridized carbons (Fsp3) is 0.583. The van der Waals surface area contributed by atoms with Crippen LogP contribution < -0.4 is 4.74 Å². The van der Waals surface area contributed by atoms with Gasteiger partial charge in [0.1, 0.15) is 5.75 Å². The Bertz CT molecular complexity index is 761. The number of hydrogen-bond acceptors (Lipinski definition) is 4. The van der Waals surface area contributed by atoms with Gasteiger partial charge in [0, 0.05) is 25.6 Å². The van der Waals surface area contributed by atoms with Crippen LogP contribution in [0.15, 0.2) is 36.4 Å². The number of amides is 2. The molecule has 3 rings (SSSR count). The lowest BCUT2D eigenvalue weighted by Gasteiger charge is -2.28. The highest BCUT2D eigenvalue weighted by Gasteiger charge is 2.33. The summed E-state index contributed by atoms with van der Waals surface area (Å²) in [6.45, 7) is 6.39. The van der Waals surface area contributed by atoms with Gasteiger partial charge in [-0.15, -0.1) is 0 Å². The number of carbonyl (C=O) groups excluding carboxylic acids is 2. The molecule has 0 unspecified atom stereocenters. The minimum absolute atomic E-state index is 0.0101. The summed E-state index contributed by atoms with van der Waals surface area (Å²) in [6.07, 6.45) is 6.52. The van der Waals surface area contributed by atoms with Crippen molar-refractivity contribution >= 4 is 11.8 Å². The summed E-state index contributed by atoms with van der Waals surface area (Å²) in [5.74, 6) is 1.21. The number of carbonyl (C=O) groups is 2. The van der Waals surface area contributed by atoms with E-state index in [2.05, 4.69) is 26.0 Å². The van der Waals surface area contributed by atoms with Crippen LogP contribution in [0.2, 0.25) is 0 Å². The van der Waals surface area contributed by atoms with Crippen molar-refractivity contribution in [2.45, 2.75) is 45.8 Å². The van der Waals surface area contributed by atoms with E-state index in [1.807, 2.05) is 29.2 Å². The monoisotopic (exact) mass is 414 g/mol. The van der Waals surface area contributed by atoms with Gasteiger partial charge in [-0.2, -0.15) is 0 Å². The first-order valence-electron chi connectivity index (χ1n) is 10.9. The Morgan fingerprint density at radius 2 is 2.07 bits per heavy atom. The molecule has 1 aromatic carbocycles. The number of allylic oxidation sites excluding steroid dienone is 2. The molecule has 164 valence electrons. The van der Waals surface area contributed by atoms with E-state index in [0.29, 0.717) is 32.2 Å². The molecule has 1 fully saturated rings. The van der Waals surface area contributed by atoms with Crippen LogP contribution in [0.5, 0.6) is 5.75 Å². The van der Waals surface area contributed by atoms with Gasteiger partial charge in [-0.3, -0.25) is 9.59 Å². The van der Waals surface area contributed by atoms with Gasteiger partial charge in [0.25, 0.3) is 0 Å². The standard InChI is InChI=1S/C24H34N2O4/c1-18(2)13-25-14-22(30-17-19-8-7-11-21(12-19)29-3)15-26(16-23(25)27)24(28)20-9-5-4-6-10-20/h4-5,7-8,11-12,18,20,22H,6,9-10,13-17H2,1-3H3/t20-,22-/m1/s1.